The van der Waals surface area contributed by atoms with Crippen LogP contribution in [0.1, 0.15) is 19.7 Å². The van der Waals surface area contributed by atoms with Gasteiger partial charge in [-0.25, -0.2) is 0 Å². The van der Waals surface area contributed by atoms with E-state index in [-0.39, 0.29) is 12.2 Å². The fourth-order valence-electron chi connectivity index (χ4n) is 2.64. The van der Waals surface area contributed by atoms with Crippen LogP contribution in [-0.2, 0) is 11.3 Å². The van der Waals surface area contributed by atoms with Gasteiger partial charge < -0.3 is 9.26 Å². The molecule has 2 heterocycles. The Hall–Kier alpha value is -1.43. The number of aromatic nitrogens is 2. The number of hydrogen-bond donors (Lipinski definition) is 0. The van der Waals surface area contributed by atoms with Gasteiger partial charge in [-0.1, -0.05) is 16.8 Å². The van der Waals surface area contributed by atoms with E-state index in [2.05, 4.69) is 28.9 Å². The van der Waals surface area contributed by atoms with Gasteiger partial charge >= 0.3 is 0 Å². The molecule has 1 fully saturated rings. The van der Waals surface area contributed by atoms with E-state index in [4.69, 9.17) is 20.9 Å². The zero-order valence-electron chi connectivity index (χ0n) is 12.1. The van der Waals surface area contributed by atoms with Crippen molar-refractivity contribution in [2.24, 2.45) is 0 Å². The molecular weight excluding hydrogens is 290 g/mol. The Morgan fingerprint density at radius 1 is 1.19 bits per heavy atom. The van der Waals surface area contributed by atoms with Gasteiger partial charge in [-0.05, 0) is 38.1 Å². The third-order valence-electron chi connectivity index (χ3n) is 3.42. The van der Waals surface area contributed by atoms with Crippen LogP contribution in [0.15, 0.2) is 28.8 Å². The van der Waals surface area contributed by atoms with E-state index in [1.54, 1.807) is 0 Å². The Kier molecular flexibility index (Phi) is 4.24. The number of nitrogens with zero attached hydrogens (tertiary/aromatic N) is 3. The summed E-state index contributed by atoms with van der Waals surface area (Å²) < 4.78 is 11.0. The summed E-state index contributed by atoms with van der Waals surface area (Å²) in [6, 6.07) is 7.37. The lowest BCUT2D eigenvalue weighted by Crippen LogP contribution is -2.44. The molecule has 6 heteroatoms. The highest BCUT2D eigenvalue weighted by Crippen LogP contribution is 2.20. The molecule has 0 N–H and O–H groups in total. The third kappa shape index (κ3) is 3.61. The number of hydrogen-bond acceptors (Lipinski definition) is 5. The summed E-state index contributed by atoms with van der Waals surface area (Å²) in [4.78, 5) is 6.74. The average molecular weight is 308 g/mol. The molecule has 1 aromatic carbocycles. The highest BCUT2D eigenvalue weighted by atomic mass is 35.5. The minimum absolute atomic E-state index is 0.233. The first-order valence-electron chi connectivity index (χ1n) is 7.06. The maximum absolute atomic E-state index is 5.88. The molecular formula is C15H18ClN3O2. The zero-order valence-corrected chi connectivity index (χ0v) is 12.9. The van der Waals surface area contributed by atoms with Crippen molar-refractivity contribution in [2.45, 2.75) is 32.6 Å². The van der Waals surface area contributed by atoms with Gasteiger partial charge in [0.1, 0.15) is 0 Å². The van der Waals surface area contributed by atoms with E-state index in [1.807, 2.05) is 24.3 Å². The lowest BCUT2D eigenvalue weighted by Gasteiger charge is -2.34. The van der Waals surface area contributed by atoms with Crippen LogP contribution >= 0.6 is 11.6 Å². The number of halogens is 1. The topological polar surface area (TPSA) is 51.4 Å². The molecule has 0 saturated carbocycles. The van der Waals surface area contributed by atoms with Crippen LogP contribution in [0.2, 0.25) is 5.02 Å². The molecule has 3 rings (SSSR count). The van der Waals surface area contributed by atoms with Gasteiger partial charge in [0.05, 0.1) is 18.8 Å². The van der Waals surface area contributed by atoms with E-state index in [0.717, 1.165) is 18.7 Å². The van der Waals surface area contributed by atoms with E-state index in [0.29, 0.717) is 23.3 Å². The largest absolute Gasteiger partial charge is 0.373 e. The second-order valence-corrected chi connectivity index (χ2v) is 5.91. The highest BCUT2D eigenvalue weighted by molar-refractivity contribution is 6.30. The van der Waals surface area contributed by atoms with Crippen molar-refractivity contribution in [2.75, 3.05) is 13.1 Å². The van der Waals surface area contributed by atoms with E-state index < -0.39 is 0 Å². The molecule has 0 aliphatic carbocycles. The predicted molar refractivity (Wildman–Crippen MR) is 80.0 cm³/mol. The molecule has 0 bridgehead atoms. The minimum Gasteiger partial charge on any atom is -0.373 e. The molecule has 0 radical (unpaired) electrons. The smallest absolute Gasteiger partial charge is 0.257 e. The second kappa shape index (κ2) is 6.13. The van der Waals surface area contributed by atoms with Gasteiger partial charge in [-0.15, -0.1) is 0 Å². The zero-order chi connectivity index (χ0) is 14.8. The molecule has 2 aromatic rings. The molecule has 21 heavy (non-hydrogen) atoms. The van der Waals surface area contributed by atoms with Crippen molar-refractivity contribution in [1.29, 1.82) is 0 Å². The molecule has 1 saturated heterocycles. The van der Waals surface area contributed by atoms with Gasteiger partial charge in [0.15, 0.2) is 5.82 Å². The first kappa shape index (κ1) is 14.5. The van der Waals surface area contributed by atoms with E-state index in [9.17, 15) is 0 Å². The molecule has 5 nitrogen and oxygen atoms in total. The van der Waals surface area contributed by atoms with Crippen LogP contribution < -0.4 is 0 Å². The minimum atomic E-state index is 0.233. The number of ether oxygens (including phenoxy) is 1. The molecule has 0 unspecified atom stereocenters. The fraction of sp³-hybridized carbons (Fsp3) is 0.467. The summed E-state index contributed by atoms with van der Waals surface area (Å²) in [5.74, 6) is 1.22. The fourth-order valence-corrected chi connectivity index (χ4v) is 2.77. The Labute approximate surface area is 128 Å². The Bertz CT molecular complexity index is 589. The summed E-state index contributed by atoms with van der Waals surface area (Å²) in [5, 5.41) is 4.75. The molecule has 112 valence electrons. The first-order valence-corrected chi connectivity index (χ1v) is 7.44. The van der Waals surface area contributed by atoms with Crippen LogP contribution in [0.25, 0.3) is 11.5 Å². The lowest BCUT2D eigenvalue weighted by molar-refractivity contribution is -0.0711. The molecule has 0 spiro atoms. The Morgan fingerprint density at radius 2 is 1.86 bits per heavy atom. The lowest BCUT2D eigenvalue weighted by atomic mass is 10.2. The summed E-state index contributed by atoms with van der Waals surface area (Å²) in [6.45, 7) is 6.61. The van der Waals surface area contributed by atoms with E-state index >= 15 is 0 Å². The summed E-state index contributed by atoms with van der Waals surface area (Å²) in [5.41, 5.74) is 0.877. The second-order valence-electron chi connectivity index (χ2n) is 5.47. The molecule has 0 amide bonds. The van der Waals surface area contributed by atoms with Crippen molar-refractivity contribution in [3.05, 3.63) is 35.1 Å². The van der Waals surface area contributed by atoms with E-state index in [1.165, 1.54) is 0 Å². The van der Waals surface area contributed by atoms with Gasteiger partial charge in [-0.2, -0.15) is 4.98 Å². The van der Waals surface area contributed by atoms with Gasteiger partial charge in [0.2, 0.25) is 0 Å². The predicted octanol–water partition coefficient (Wildman–Crippen LogP) is 3.00. The van der Waals surface area contributed by atoms with Crippen LogP contribution in [0.5, 0.6) is 0 Å². The third-order valence-corrected chi connectivity index (χ3v) is 3.67. The quantitative estimate of drug-likeness (QED) is 0.872. The van der Waals surface area contributed by atoms with Gasteiger partial charge in [0.25, 0.3) is 5.89 Å². The monoisotopic (exact) mass is 307 g/mol. The number of rotatable bonds is 3. The number of morpholine rings is 1. The standard InChI is InChI=1S/C15H18ClN3O2/c1-10-7-19(8-11(2)20-10)9-14-17-15(21-18-14)12-3-5-13(16)6-4-12/h3-6,10-11H,7-9H2,1-2H3/t10-,11-/m1/s1. The molecule has 1 aromatic heterocycles. The van der Waals surface area contributed by atoms with Gasteiger partial charge in [-0.3, -0.25) is 4.90 Å². The van der Waals surface area contributed by atoms with Crippen molar-refractivity contribution >= 4 is 11.6 Å². The maximum atomic E-state index is 5.88. The maximum Gasteiger partial charge on any atom is 0.257 e. The van der Waals surface area contributed by atoms with Crippen LogP contribution in [-0.4, -0.2) is 40.3 Å². The van der Waals surface area contributed by atoms with Crippen LogP contribution in [0.4, 0.5) is 0 Å². The Balaban J connectivity index is 1.69. The SMILES string of the molecule is C[C@@H]1CN(Cc2noc(-c3ccc(Cl)cc3)n2)C[C@@H](C)O1. The molecule has 2 atom stereocenters. The normalized spacial score (nSPS) is 23.4. The summed E-state index contributed by atoms with van der Waals surface area (Å²) >= 11 is 5.88. The van der Waals surface area contributed by atoms with Crippen molar-refractivity contribution < 1.29 is 9.26 Å². The first-order chi connectivity index (χ1) is 10.1. The summed E-state index contributed by atoms with van der Waals surface area (Å²) in [7, 11) is 0. The van der Waals surface area contributed by atoms with Crippen molar-refractivity contribution in [3.8, 4) is 11.5 Å². The molecule has 1 aliphatic heterocycles. The van der Waals surface area contributed by atoms with Crippen molar-refractivity contribution in [1.82, 2.24) is 15.0 Å². The average Bonchev–Trinajstić information content (AvgIpc) is 2.87. The summed E-state index contributed by atoms with van der Waals surface area (Å²) in [6.07, 6.45) is 0.466. The number of benzene rings is 1. The molecule has 1 aliphatic rings. The van der Waals surface area contributed by atoms with Crippen molar-refractivity contribution in [3.63, 3.8) is 0 Å². The van der Waals surface area contributed by atoms with Crippen LogP contribution in [0.3, 0.4) is 0 Å². The Morgan fingerprint density at radius 3 is 2.52 bits per heavy atom. The van der Waals surface area contributed by atoms with Crippen LogP contribution in [0, 0.1) is 0 Å². The highest BCUT2D eigenvalue weighted by Gasteiger charge is 2.23. The van der Waals surface area contributed by atoms with Gasteiger partial charge in [0, 0.05) is 23.7 Å².